The van der Waals surface area contributed by atoms with Gasteiger partial charge in [-0.25, -0.2) is 0 Å². The van der Waals surface area contributed by atoms with Crippen LogP contribution in [-0.4, -0.2) is 52.4 Å². The van der Waals surface area contributed by atoms with Crippen LogP contribution in [0, 0.1) is 0 Å². The molecule has 3 N–H and O–H groups in total. The van der Waals surface area contributed by atoms with Crippen LogP contribution in [0.3, 0.4) is 0 Å². The summed E-state index contributed by atoms with van der Waals surface area (Å²) in [4.78, 5) is 2.10. The highest BCUT2D eigenvalue weighted by atomic mass is 16.5. The molecule has 0 bridgehead atoms. The van der Waals surface area contributed by atoms with E-state index in [0.717, 1.165) is 25.4 Å². The van der Waals surface area contributed by atoms with E-state index in [1.807, 2.05) is 32.3 Å². The maximum absolute atomic E-state index is 5.74. The summed E-state index contributed by atoms with van der Waals surface area (Å²) >= 11 is 0. The van der Waals surface area contributed by atoms with Gasteiger partial charge < -0.3 is 25.4 Å². The van der Waals surface area contributed by atoms with Crippen LogP contribution in [-0.2, 0) is 4.74 Å². The quantitative estimate of drug-likeness (QED) is 0.539. The van der Waals surface area contributed by atoms with Crippen molar-refractivity contribution in [3.63, 3.8) is 0 Å². The summed E-state index contributed by atoms with van der Waals surface area (Å²) in [5.74, 6) is 0.688. The molecule has 0 aliphatic carbocycles. The van der Waals surface area contributed by atoms with Crippen molar-refractivity contribution in [1.82, 2.24) is 4.90 Å². The zero-order valence-corrected chi connectivity index (χ0v) is 11.4. The molecular weight excluding hydrogens is 230 g/mol. The SMILES string of the molecule is COc1cc(NCCOCCN(C)C)ccc1N. The molecule has 0 saturated heterocycles. The number of hydrogen-bond acceptors (Lipinski definition) is 5. The summed E-state index contributed by atoms with van der Waals surface area (Å²) in [7, 11) is 5.67. The molecule has 0 amide bonds. The van der Waals surface area contributed by atoms with Gasteiger partial charge in [-0.3, -0.25) is 0 Å². The second-order valence-electron chi connectivity index (χ2n) is 4.30. The summed E-state index contributed by atoms with van der Waals surface area (Å²) in [6, 6.07) is 5.64. The Morgan fingerprint density at radius 2 is 2.06 bits per heavy atom. The van der Waals surface area contributed by atoms with Crippen molar-refractivity contribution >= 4 is 11.4 Å². The van der Waals surface area contributed by atoms with E-state index in [0.29, 0.717) is 18.0 Å². The first-order valence-electron chi connectivity index (χ1n) is 6.03. The van der Waals surface area contributed by atoms with Gasteiger partial charge in [-0.15, -0.1) is 0 Å². The van der Waals surface area contributed by atoms with Gasteiger partial charge in [-0.1, -0.05) is 0 Å². The first kappa shape index (κ1) is 14.6. The Kier molecular flexibility index (Phi) is 6.32. The Morgan fingerprint density at radius 1 is 1.28 bits per heavy atom. The summed E-state index contributed by atoms with van der Waals surface area (Å²) in [5.41, 5.74) is 7.37. The molecule has 1 rings (SSSR count). The fraction of sp³-hybridized carbons (Fsp3) is 0.538. The van der Waals surface area contributed by atoms with Gasteiger partial charge in [0.15, 0.2) is 0 Å². The summed E-state index contributed by atoms with van der Waals surface area (Å²) in [5, 5.41) is 3.26. The maximum atomic E-state index is 5.74. The van der Waals surface area contributed by atoms with E-state index in [4.69, 9.17) is 15.2 Å². The third-order valence-corrected chi connectivity index (χ3v) is 2.49. The Bertz CT molecular complexity index is 356. The van der Waals surface area contributed by atoms with Gasteiger partial charge >= 0.3 is 0 Å². The molecule has 5 nitrogen and oxygen atoms in total. The number of anilines is 2. The lowest BCUT2D eigenvalue weighted by molar-refractivity contribution is 0.126. The van der Waals surface area contributed by atoms with Crippen LogP contribution < -0.4 is 15.8 Å². The predicted molar refractivity (Wildman–Crippen MR) is 75.3 cm³/mol. The van der Waals surface area contributed by atoms with E-state index in [1.165, 1.54) is 0 Å². The molecule has 0 aliphatic heterocycles. The minimum Gasteiger partial charge on any atom is -0.495 e. The fourth-order valence-corrected chi connectivity index (χ4v) is 1.44. The van der Waals surface area contributed by atoms with Crippen molar-refractivity contribution in [1.29, 1.82) is 0 Å². The summed E-state index contributed by atoms with van der Waals surface area (Å²) in [6.45, 7) is 3.14. The van der Waals surface area contributed by atoms with Crippen molar-refractivity contribution in [2.75, 3.05) is 58.6 Å². The fourth-order valence-electron chi connectivity index (χ4n) is 1.44. The topological polar surface area (TPSA) is 59.8 Å². The second-order valence-corrected chi connectivity index (χ2v) is 4.30. The largest absolute Gasteiger partial charge is 0.495 e. The average Bonchev–Trinajstić information content (AvgIpc) is 2.35. The van der Waals surface area contributed by atoms with Gasteiger partial charge in [0.2, 0.25) is 0 Å². The van der Waals surface area contributed by atoms with Crippen molar-refractivity contribution in [2.24, 2.45) is 0 Å². The van der Waals surface area contributed by atoms with Gasteiger partial charge in [0.25, 0.3) is 0 Å². The molecule has 0 aromatic heterocycles. The molecule has 1 aromatic rings. The molecule has 0 radical (unpaired) electrons. The molecule has 0 atom stereocenters. The van der Waals surface area contributed by atoms with Crippen molar-refractivity contribution in [3.05, 3.63) is 18.2 Å². The first-order chi connectivity index (χ1) is 8.63. The number of nitrogens with zero attached hydrogens (tertiary/aromatic N) is 1. The van der Waals surface area contributed by atoms with Crippen molar-refractivity contribution in [3.8, 4) is 5.75 Å². The first-order valence-corrected chi connectivity index (χ1v) is 6.03. The van der Waals surface area contributed by atoms with E-state index in [9.17, 15) is 0 Å². The Balaban J connectivity index is 2.23. The van der Waals surface area contributed by atoms with E-state index in [1.54, 1.807) is 7.11 Å². The number of likely N-dealkylation sites (N-methyl/N-ethyl adjacent to an activating group) is 1. The predicted octanol–water partition coefficient (Wildman–Crippen LogP) is 1.27. The monoisotopic (exact) mass is 253 g/mol. The number of nitrogens with two attached hydrogens (primary N) is 1. The minimum atomic E-state index is 0.644. The molecular formula is C13H23N3O2. The number of methoxy groups -OCH3 is 1. The molecule has 0 saturated carbocycles. The highest BCUT2D eigenvalue weighted by Crippen LogP contribution is 2.24. The smallest absolute Gasteiger partial charge is 0.143 e. The van der Waals surface area contributed by atoms with Gasteiger partial charge in [-0.2, -0.15) is 0 Å². The highest BCUT2D eigenvalue weighted by molar-refractivity contribution is 5.61. The third kappa shape index (κ3) is 5.25. The molecule has 0 aliphatic rings. The van der Waals surface area contributed by atoms with E-state index < -0.39 is 0 Å². The number of nitrogens with one attached hydrogen (secondary N) is 1. The standard InChI is InChI=1S/C13H23N3O2/c1-16(2)7-9-18-8-6-15-11-4-5-12(14)13(10-11)17-3/h4-5,10,15H,6-9,14H2,1-3H3. The van der Waals surface area contributed by atoms with E-state index in [2.05, 4.69) is 10.2 Å². The summed E-state index contributed by atoms with van der Waals surface area (Å²) < 4.78 is 10.6. The molecule has 102 valence electrons. The van der Waals surface area contributed by atoms with Crippen molar-refractivity contribution in [2.45, 2.75) is 0 Å². The summed E-state index contributed by atoms with van der Waals surface area (Å²) in [6.07, 6.45) is 0. The van der Waals surface area contributed by atoms with Crippen LogP contribution in [0.1, 0.15) is 0 Å². The number of benzene rings is 1. The lowest BCUT2D eigenvalue weighted by atomic mass is 10.2. The van der Waals surface area contributed by atoms with Crippen LogP contribution in [0.2, 0.25) is 0 Å². The molecule has 0 fully saturated rings. The van der Waals surface area contributed by atoms with Crippen LogP contribution in [0.25, 0.3) is 0 Å². The van der Waals surface area contributed by atoms with Gasteiger partial charge in [0.1, 0.15) is 5.75 Å². The Hall–Kier alpha value is -1.46. The van der Waals surface area contributed by atoms with Crippen LogP contribution in [0.15, 0.2) is 18.2 Å². The zero-order chi connectivity index (χ0) is 13.4. The molecule has 0 unspecified atom stereocenters. The lowest BCUT2D eigenvalue weighted by Crippen LogP contribution is -2.20. The molecule has 0 spiro atoms. The van der Waals surface area contributed by atoms with E-state index in [-0.39, 0.29) is 0 Å². The lowest BCUT2D eigenvalue weighted by Gasteiger charge is -2.11. The maximum Gasteiger partial charge on any atom is 0.143 e. The van der Waals surface area contributed by atoms with Gasteiger partial charge in [0.05, 0.1) is 26.0 Å². The van der Waals surface area contributed by atoms with Crippen LogP contribution in [0.5, 0.6) is 5.75 Å². The van der Waals surface area contributed by atoms with Crippen molar-refractivity contribution < 1.29 is 9.47 Å². The third-order valence-electron chi connectivity index (χ3n) is 2.49. The molecule has 1 aromatic carbocycles. The van der Waals surface area contributed by atoms with Crippen LogP contribution in [0.4, 0.5) is 11.4 Å². The van der Waals surface area contributed by atoms with E-state index >= 15 is 0 Å². The average molecular weight is 253 g/mol. The zero-order valence-electron chi connectivity index (χ0n) is 11.4. The second kappa shape index (κ2) is 7.79. The minimum absolute atomic E-state index is 0.644. The number of rotatable bonds is 8. The molecule has 5 heteroatoms. The van der Waals surface area contributed by atoms with Gasteiger partial charge in [0, 0.05) is 24.8 Å². The number of nitrogen functional groups attached to an aromatic ring is 1. The van der Waals surface area contributed by atoms with Crippen LogP contribution >= 0.6 is 0 Å². The molecule has 0 heterocycles. The molecule has 18 heavy (non-hydrogen) atoms. The Morgan fingerprint density at radius 3 is 2.72 bits per heavy atom. The Labute approximate surface area is 109 Å². The normalized spacial score (nSPS) is 10.7. The number of ether oxygens (including phenoxy) is 2. The number of hydrogen-bond donors (Lipinski definition) is 2. The van der Waals surface area contributed by atoms with Gasteiger partial charge in [-0.05, 0) is 26.2 Å². The highest BCUT2D eigenvalue weighted by Gasteiger charge is 2.00.